The third kappa shape index (κ3) is 2.92. The summed E-state index contributed by atoms with van der Waals surface area (Å²) in [6.45, 7) is 1.92. The Morgan fingerprint density at radius 1 is 1.27 bits per heavy atom. The van der Waals surface area contributed by atoms with Gasteiger partial charge in [0.15, 0.2) is 0 Å². The number of hydrogen-bond acceptors (Lipinski definition) is 1. The van der Waals surface area contributed by atoms with Gasteiger partial charge in [0.1, 0.15) is 5.75 Å². The van der Waals surface area contributed by atoms with Crippen LogP contribution in [0.4, 0.5) is 13.2 Å². The number of alkyl halides is 3. The second-order valence-electron chi connectivity index (χ2n) is 2.70. The lowest BCUT2D eigenvalue weighted by Crippen LogP contribution is -2.07. The largest absolute Gasteiger partial charge is 0.494 e. The Hall–Kier alpha value is -0.610. The topological polar surface area (TPSA) is 9.23 Å². The van der Waals surface area contributed by atoms with Gasteiger partial charge in [-0.2, -0.15) is 13.2 Å². The molecule has 0 N–H and O–H groups in total. The highest BCUT2D eigenvalue weighted by molar-refractivity contribution is 6.42. The van der Waals surface area contributed by atoms with Gasteiger partial charge in [0.05, 0.1) is 22.2 Å². The van der Waals surface area contributed by atoms with Gasteiger partial charge in [-0.3, -0.25) is 0 Å². The smallest absolute Gasteiger partial charge is 0.418 e. The molecule has 0 fully saturated rings. The van der Waals surface area contributed by atoms with Crippen LogP contribution in [0, 0.1) is 0 Å². The Morgan fingerprint density at radius 3 is 2.33 bits per heavy atom. The Bertz CT molecular complexity index is 363. The van der Waals surface area contributed by atoms with Crippen molar-refractivity contribution in [2.75, 3.05) is 6.61 Å². The predicted octanol–water partition coefficient (Wildman–Crippen LogP) is 4.41. The summed E-state index contributed by atoms with van der Waals surface area (Å²) in [5, 5.41) is -0.678. The minimum Gasteiger partial charge on any atom is -0.494 e. The van der Waals surface area contributed by atoms with E-state index in [9.17, 15) is 13.2 Å². The molecule has 0 aliphatic rings. The molecule has 0 atom stereocenters. The molecule has 6 heteroatoms. The average Bonchev–Trinajstić information content (AvgIpc) is 2.09. The highest BCUT2D eigenvalue weighted by Crippen LogP contribution is 2.40. The van der Waals surface area contributed by atoms with Crippen LogP contribution in [0.3, 0.4) is 0 Å². The Morgan fingerprint density at radius 2 is 1.87 bits per heavy atom. The number of rotatable bonds is 2. The van der Waals surface area contributed by atoms with Crippen LogP contribution in [-0.4, -0.2) is 6.61 Å². The number of halogens is 5. The van der Waals surface area contributed by atoms with Crippen molar-refractivity contribution >= 4 is 23.2 Å². The lowest BCUT2D eigenvalue weighted by atomic mass is 10.2. The van der Waals surface area contributed by atoms with E-state index in [0.29, 0.717) is 0 Å². The van der Waals surface area contributed by atoms with Gasteiger partial charge < -0.3 is 4.74 Å². The third-order valence-corrected chi connectivity index (χ3v) is 2.42. The first-order valence-corrected chi connectivity index (χ1v) is 4.81. The van der Waals surface area contributed by atoms with Gasteiger partial charge in [0, 0.05) is 6.07 Å². The van der Waals surface area contributed by atoms with E-state index in [2.05, 4.69) is 0 Å². The maximum absolute atomic E-state index is 12.5. The molecule has 15 heavy (non-hydrogen) atoms. The van der Waals surface area contributed by atoms with Crippen LogP contribution in [0.2, 0.25) is 10.0 Å². The summed E-state index contributed by atoms with van der Waals surface area (Å²) in [4.78, 5) is 0. The molecule has 0 aromatic heterocycles. The first-order valence-electron chi connectivity index (χ1n) is 4.05. The van der Waals surface area contributed by atoms with Gasteiger partial charge in [-0.25, -0.2) is 0 Å². The SMILES string of the molecule is CCOc1cc(Cl)c(Cl)c(C(F)(F)F)c1. The van der Waals surface area contributed by atoms with Crippen LogP contribution in [0.5, 0.6) is 5.75 Å². The second-order valence-corrected chi connectivity index (χ2v) is 3.48. The van der Waals surface area contributed by atoms with E-state index < -0.39 is 16.8 Å². The van der Waals surface area contributed by atoms with E-state index in [-0.39, 0.29) is 17.4 Å². The zero-order valence-corrected chi connectivity index (χ0v) is 9.17. The van der Waals surface area contributed by atoms with Crippen molar-refractivity contribution < 1.29 is 17.9 Å². The highest BCUT2D eigenvalue weighted by Gasteiger charge is 2.34. The van der Waals surface area contributed by atoms with Gasteiger partial charge in [0.2, 0.25) is 0 Å². The summed E-state index contributed by atoms with van der Waals surface area (Å²) in [6.07, 6.45) is -4.53. The van der Waals surface area contributed by atoms with Gasteiger partial charge in [-0.05, 0) is 13.0 Å². The van der Waals surface area contributed by atoms with Crippen molar-refractivity contribution in [3.05, 3.63) is 27.7 Å². The molecule has 1 aromatic carbocycles. The lowest BCUT2D eigenvalue weighted by molar-refractivity contribution is -0.137. The van der Waals surface area contributed by atoms with E-state index in [1.807, 2.05) is 0 Å². The lowest BCUT2D eigenvalue weighted by Gasteiger charge is -2.12. The van der Waals surface area contributed by atoms with E-state index in [1.165, 1.54) is 6.07 Å². The summed E-state index contributed by atoms with van der Waals surface area (Å²) in [5.41, 5.74) is -0.986. The van der Waals surface area contributed by atoms with Crippen molar-refractivity contribution in [3.63, 3.8) is 0 Å². The highest BCUT2D eigenvalue weighted by atomic mass is 35.5. The second kappa shape index (κ2) is 4.49. The van der Waals surface area contributed by atoms with E-state index in [0.717, 1.165) is 6.07 Å². The molecular weight excluding hydrogens is 252 g/mol. The van der Waals surface area contributed by atoms with Crippen molar-refractivity contribution in [1.29, 1.82) is 0 Å². The van der Waals surface area contributed by atoms with Crippen LogP contribution < -0.4 is 4.74 Å². The monoisotopic (exact) mass is 258 g/mol. The minimum absolute atomic E-state index is 0.0548. The first-order chi connectivity index (χ1) is 6.86. The molecule has 0 aliphatic carbocycles. The first kappa shape index (κ1) is 12.5. The Labute approximate surface area is 94.7 Å². The zero-order valence-electron chi connectivity index (χ0n) is 7.66. The van der Waals surface area contributed by atoms with E-state index in [4.69, 9.17) is 27.9 Å². The summed E-state index contributed by atoms with van der Waals surface area (Å²) in [5.74, 6) is 0.0548. The molecule has 1 rings (SSSR count). The molecule has 0 spiro atoms. The molecule has 1 nitrogen and oxygen atoms in total. The Balaban J connectivity index is 3.25. The molecule has 84 valence electrons. The quantitative estimate of drug-likeness (QED) is 0.764. The zero-order chi connectivity index (χ0) is 11.6. The third-order valence-electron chi connectivity index (χ3n) is 1.62. The molecule has 0 heterocycles. The van der Waals surface area contributed by atoms with Crippen LogP contribution in [-0.2, 0) is 6.18 Å². The van der Waals surface area contributed by atoms with E-state index >= 15 is 0 Å². The fraction of sp³-hybridized carbons (Fsp3) is 0.333. The van der Waals surface area contributed by atoms with Gasteiger partial charge in [0.25, 0.3) is 0 Å². The molecular formula is C9H7Cl2F3O. The fourth-order valence-corrected chi connectivity index (χ4v) is 1.45. The van der Waals surface area contributed by atoms with Crippen molar-refractivity contribution in [2.45, 2.75) is 13.1 Å². The Kier molecular flexibility index (Phi) is 3.73. The molecule has 0 unspecified atom stereocenters. The predicted molar refractivity (Wildman–Crippen MR) is 52.6 cm³/mol. The molecule has 0 aliphatic heterocycles. The van der Waals surface area contributed by atoms with Crippen LogP contribution in [0.15, 0.2) is 12.1 Å². The molecule has 0 bridgehead atoms. The van der Waals surface area contributed by atoms with Crippen LogP contribution >= 0.6 is 23.2 Å². The van der Waals surface area contributed by atoms with Crippen LogP contribution in [0.25, 0.3) is 0 Å². The number of benzene rings is 1. The van der Waals surface area contributed by atoms with Crippen molar-refractivity contribution in [2.24, 2.45) is 0 Å². The summed E-state index contributed by atoms with van der Waals surface area (Å²) in [6, 6.07) is 2.08. The van der Waals surface area contributed by atoms with Crippen LogP contribution in [0.1, 0.15) is 12.5 Å². The normalized spacial score (nSPS) is 11.6. The molecule has 0 saturated heterocycles. The van der Waals surface area contributed by atoms with Crippen molar-refractivity contribution in [1.82, 2.24) is 0 Å². The molecule has 1 aromatic rings. The standard InChI is InChI=1S/C9H7Cl2F3O/c1-2-15-5-3-6(9(12,13)14)8(11)7(10)4-5/h3-4H,2H2,1H3. The number of hydrogen-bond donors (Lipinski definition) is 0. The van der Waals surface area contributed by atoms with Gasteiger partial charge in [-0.15, -0.1) is 0 Å². The fourth-order valence-electron chi connectivity index (χ4n) is 1.02. The average molecular weight is 259 g/mol. The maximum atomic E-state index is 12.5. The summed E-state index contributed by atoms with van der Waals surface area (Å²) in [7, 11) is 0. The van der Waals surface area contributed by atoms with Crippen molar-refractivity contribution in [3.8, 4) is 5.75 Å². The summed E-state index contributed by atoms with van der Waals surface area (Å²) >= 11 is 11.0. The summed E-state index contributed by atoms with van der Waals surface area (Å²) < 4.78 is 42.3. The molecule has 0 saturated carbocycles. The minimum atomic E-state index is -4.53. The maximum Gasteiger partial charge on any atom is 0.418 e. The molecule has 0 amide bonds. The van der Waals surface area contributed by atoms with Gasteiger partial charge in [-0.1, -0.05) is 23.2 Å². The number of ether oxygens (including phenoxy) is 1. The molecule has 0 radical (unpaired) electrons. The van der Waals surface area contributed by atoms with E-state index in [1.54, 1.807) is 6.92 Å². The van der Waals surface area contributed by atoms with Gasteiger partial charge >= 0.3 is 6.18 Å².